The molecule has 1 aromatic heterocycles. The van der Waals surface area contributed by atoms with Crippen molar-refractivity contribution in [2.24, 2.45) is 11.1 Å². The Balaban J connectivity index is 2.61. The minimum absolute atomic E-state index is 0.0638. The van der Waals surface area contributed by atoms with Crippen LogP contribution in [0, 0.1) is 5.92 Å². The maximum Gasteiger partial charge on any atom is 0.274 e. The predicted molar refractivity (Wildman–Crippen MR) is 73.7 cm³/mol. The van der Waals surface area contributed by atoms with Gasteiger partial charge in [-0.05, 0) is 30.9 Å². The summed E-state index contributed by atoms with van der Waals surface area (Å²) in [5.74, 6) is 1.03. The molecule has 0 aromatic carbocycles. The van der Waals surface area contributed by atoms with E-state index in [1.807, 2.05) is 6.92 Å². The summed E-state index contributed by atoms with van der Waals surface area (Å²) in [7, 11) is -3.69. The van der Waals surface area contributed by atoms with Crippen molar-refractivity contribution < 1.29 is 13.2 Å². The molecule has 1 rings (SSSR count). The summed E-state index contributed by atoms with van der Waals surface area (Å²) in [5.41, 5.74) is 0.746. The van der Waals surface area contributed by atoms with Crippen molar-refractivity contribution in [2.45, 2.75) is 39.8 Å². The van der Waals surface area contributed by atoms with E-state index in [9.17, 15) is 8.42 Å². The third-order valence-corrected chi connectivity index (χ3v) is 2.95. The van der Waals surface area contributed by atoms with E-state index in [0.29, 0.717) is 11.8 Å². The van der Waals surface area contributed by atoms with E-state index in [0.717, 1.165) is 12.0 Å². The van der Waals surface area contributed by atoms with Crippen LogP contribution in [0.5, 0.6) is 5.88 Å². The smallest absolute Gasteiger partial charge is 0.274 e. The fraction of sp³-hybridized carbons (Fsp3) is 0.583. The van der Waals surface area contributed by atoms with Gasteiger partial charge in [0.05, 0.1) is 6.10 Å². The Morgan fingerprint density at radius 2 is 2.11 bits per heavy atom. The fourth-order valence-electron chi connectivity index (χ4n) is 1.73. The van der Waals surface area contributed by atoms with E-state index in [4.69, 9.17) is 9.88 Å². The maximum absolute atomic E-state index is 10.8. The lowest BCUT2D eigenvalue weighted by atomic mass is 10.1. The molecular weight excluding hydrogens is 266 g/mol. The molecule has 108 valence electrons. The number of rotatable bonds is 7. The number of nitrogens with zero attached hydrogens (tertiary/aromatic N) is 1. The van der Waals surface area contributed by atoms with E-state index < -0.39 is 10.2 Å². The monoisotopic (exact) mass is 287 g/mol. The molecule has 1 aromatic rings. The van der Waals surface area contributed by atoms with E-state index in [1.54, 1.807) is 18.3 Å². The fourth-order valence-corrected chi connectivity index (χ4v) is 2.09. The van der Waals surface area contributed by atoms with Crippen molar-refractivity contribution in [3.05, 3.63) is 23.9 Å². The Kier molecular flexibility index (Phi) is 5.71. The Bertz CT molecular complexity index is 503. The van der Waals surface area contributed by atoms with Gasteiger partial charge in [0.2, 0.25) is 5.88 Å². The number of nitrogens with one attached hydrogen (secondary N) is 1. The molecule has 0 fully saturated rings. The van der Waals surface area contributed by atoms with Gasteiger partial charge in [-0.1, -0.05) is 13.8 Å². The highest BCUT2D eigenvalue weighted by Crippen LogP contribution is 2.14. The average molecular weight is 287 g/mol. The molecule has 1 atom stereocenters. The van der Waals surface area contributed by atoms with Gasteiger partial charge in [-0.3, -0.25) is 0 Å². The zero-order valence-electron chi connectivity index (χ0n) is 11.5. The highest BCUT2D eigenvalue weighted by Gasteiger charge is 2.08. The molecule has 0 saturated heterocycles. The topological polar surface area (TPSA) is 94.3 Å². The molecule has 7 heteroatoms. The molecule has 3 N–H and O–H groups in total. The van der Waals surface area contributed by atoms with Crippen LogP contribution in [0.2, 0.25) is 0 Å². The van der Waals surface area contributed by atoms with Gasteiger partial charge in [0.1, 0.15) is 0 Å². The first-order valence-electron chi connectivity index (χ1n) is 6.15. The molecular formula is C12H21N3O3S. The van der Waals surface area contributed by atoms with Gasteiger partial charge in [0.15, 0.2) is 0 Å². The number of hydrogen-bond donors (Lipinski definition) is 2. The van der Waals surface area contributed by atoms with Crippen LogP contribution in [0.3, 0.4) is 0 Å². The van der Waals surface area contributed by atoms with E-state index in [-0.39, 0.29) is 12.6 Å². The molecule has 0 aliphatic carbocycles. The first-order chi connectivity index (χ1) is 8.76. The van der Waals surface area contributed by atoms with Crippen LogP contribution in [0.4, 0.5) is 0 Å². The summed E-state index contributed by atoms with van der Waals surface area (Å²) in [6, 6.07) is 3.41. The number of hydrogen-bond acceptors (Lipinski definition) is 4. The Morgan fingerprint density at radius 3 is 2.68 bits per heavy atom. The molecule has 0 bridgehead atoms. The van der Waals surface area contributed by atoms with Gasteiger partial charge < -0.3 is 4.74 Å². The van der Waals surface area contributed by atoms with Crippen LogP contribution in [-0.2, 0) is 16.8 Å². The summed E-state index contributed by atoms with van der Waals surface area (Å²) in [5, 5.41) is 4.87. The Hall–Kier alpha value is -1.18. The molecule has 0 spiro atoms. The van der Waals surface area contributed by atoms with E-state index >= 15 is 0 Å². The quantitative estimate of drug-likeness (QED) is 0.787. The van der Waals surface area contributed by atoms with E-state index in [2.05, 4.69) is 23.6 Å². The zero-order valence-corrected chi connectivity index (χ0v) is 12.3. The van der Waals surface area contributed by atoms with Crippen molar-refractivity contribution in [3.8, 4) is 5.88 Å². The molecule has 6 nitrogen and oxygen atoms in total. The van der Waals surface area contributed by atoms with Crippen LogP contribution >= 0.6 is 0 Å². The third kappa shape index (κ3) is 7.09. The van der Waals surface area contributed by atoms with Crippen LogP contribution in [-0.4, -0.2) is 19.5 Å². The first kappa shape index (κ1) is 15.9. The van der Waals surface area contributed by atoms with Crippen molar-refractivity contribution in [1.29, 1.82) is 0 Å². The molecule has 0 aliphatic heterocycles. The summed E-state index contributed by atoms with van der Waals surface area (Å²) in [6.45, 7) is 6.35. The Morgan fingerprint density at radius 1 is 1.42 bits per heavy atom. The highest BCUT2D eigenvalue weighted by atomic mass is 32.2. The lowest BCUT2D eigenvalue weighted by Crippen LogP contribution is -2.30. The van der Waals surface area contributed by atoms with Gasteiger partial charge in [0, 0.05) is 18.8 Å². The molecule has 1 heterocycles. The maximum atomic E-state index is 10.8. The predicted octanol–water partition coefficient (Wildman–Crippen LogP) is 1.19. The van der Waals surface area contributed by atoms with Gasteiger partial charge in [-0.2, -0.15) is 13.1 Å². The minimum Gasteiger partial charge on any atom is -0.475 e. The van der Waals surface area contributed by atoms with Crippen LogP contribution in [0.1, 0.15) is 32.8 Å². The highest BCUT2D eigenvalue weighted by molar-refractivity contribution is 7.87. The number of pyridine rings is 1. The number of nitrogens with two attached hydrogens (primary N) is 1. The molecule has 0 radical (unpaired) electrons. The largest absolute Gasteiger partial charge is 0.475 e. The summed E-state index contributed by atoms with van der Waals surface area (Å²) in [6.07, 6.45) is 2.58. The second kappa shape index (κ2) is 6.83. The van der Waals surface area contributed by atoms with Gasteiger partial charge in [0.25, 0.3) is 10.2 Å². The normalized spacial score (nSPS) is 13.5. The van der Waals surface area contributed by atoms with Crippen molar-refractivity contribution in [3.63, 3.8) is 0 Å². The van der Waals surface area contributed by atoms with Gasteiger partial charge >= 0.3 is 0 Å². The molecule has 0 aliphatic rings. The van der Waals surface area contributed by atoms with Crippen molar-refractivity contribution >= 4 is 10.2 Å². The first-order valence-corrected chi connectivity index (χ1v) is 7.70. The van der Waals surface area contributed by atoms with Crippen LogP contribution in [0.25, 0.3) is 0 Å². The number of ether oxygens (including phenoxy) is 1. The second-order valence-electron chi connectivity index (χ2n) is 4.93. The number of aromatic nitrogens is 1. The molecule has 0 saturated carbocycles. The van der Waals surface area contributed by atoms with E-state index in [1.165, 1.54) is 0 Å². The molecule has 19 heavy (non-hydrogen) atoms. The lowest BCUT2D eigenvalue weighted by molar-refractivity contribution is 0.185. The third-order valence-electron chi connectivity index (χ3n) is 2.40. The van der Waals surface area contributed by atoms with Gasteiger partial charge in [-0.25, -0.2) is 10.1 Å². The SMILES string of the molecule is CC(C)C[C@@H](C)Oc1cc(CNS(N)(=O)=O)ccn1. The summed E-state index contributed by atoms with van der Waals surface area (Å²) < 4.78 is 29.5. The van der Waals surface area contributed by atoms with Crippen molar-refractivity contribution in [1.82, 2.24) is 9.71 Å². The minimum atomic E-state index is -3.69. The average Bonchev–Trinajstić information content (AvgIpc) is 2.24. The Labute approximate surface area is 114 Å². The summed E-state index contributed by atoms with van der Waals surface area (Å²) in [4.78, 5) is 4.10. The standard InChI is InChI=1S/C12H21N3O3S/c1-9(2)6-10(3)18-12-7-11(4-5-14-12)8-15-19(13,16)17/h4-5,7,9-10,15H,6,8H2,1-3H3,(H2,13,16,17)/t10-/m1/s1. The zero-order chi connectivity index (χ0) is 14.5. The molecule has 0 amide bonds. The lowest BCUT2D eigenvalue weighted by Gasteiger charge is -2.16. The van der Waals surface area contributed by atoms with Gasteiger partial charge in [-0.15, -0.1) is 0 Å². The second-order valence-corrected chi connectivity index (χ2v) is 6.31. The molecule has 0 unspecified atom stereocenters. The van der Waals surface area contributed by atoms with Crippen LogP contribution < -0.4 is 14.6 Å². The summed E-state index contributed by atoms with van der Waals surface area (Å²) >= 11 is 0. The van der Waals surface area contributed by atoms with Crippen molar-refractivity contribution in [2.75, 3.05) is 0 Å². The van der Waals surface area contributed by atoms with Crippen LogP contribution in [0.15, 0.2) is 18.3 Å².